The van der Waals surface area contributed by atoms with E-state index in [9.17, 15) is 9.59 Å². The Kier molecular flexibility index (Phi) is 37.8. The van der Waals surface area contributed by atoms with Crippen molar-refractivity contribution in [3.05, 3.63) is 42.5 Å². The molecule has 0 aliphatic carbocycles. The predicted octanol–water partition coefficient (Wildman–Crippen LogP) is 12.0. The summed E-state index contributed by atoms with van der Waals surface area (Å²) in [6.07, 6.45) is 48.3. The number of rotatable bonds is 43. The van der Waals surface area contributed by atoms with Crippen molar-refractivity contribution in [3.63, 3.8) is 0 Å². The van der Waals surface area contributed by atoms with E-state index in [4.69, 9.17) is 9.47 Å². The minimum absolute atomic E-state index is 0.155. The van der Waals surface area contributed by atoms with Gasteiger partial charge in [-0.15, -0.1) is 0 Å². The van der Waals surface area contributed by atoms with E-state index in [0.717, 1.165) is 31.4 Å². The number of ether oxygens (including phenoxy) is 2. The highest BCUT2D eigenvalue weighted by molar-refractivity contribution is 5.87. The Morgan fingerprint density at radius 3 is 1.49 bits per heavy atom. The van der Waals surface area contributed by atoms with Crippen LogP contribution in [0.2, 0.25) is 0 Å². The molecular weight excluding hydrogens is 735 g/mol. The average Bonchev–Trinajstić information content (AvgIpc) is 3.74. The first kappa shape index (κ1) is 54.5. The van der Waals surface area contributed by atoms with Crippen molar-refractivity contribution in [3.8, 4) is 0 Å². The number of hydrogen-bond acceptors (Lipinski definition) is 6. The van der Waals surface area contributed by atoms with E-state index in [1.54, 1.807) is 24.5 Å². The second-order valence-electron chi connectivity index (χ2n) is 17.0. The van der Waals surface area contributed by atoms with E-state index >= 15 is 0 Å². The van der Waals surface area contributed by atoms with Crippen molar-refractivity contribution in [1.29, 1.82) is 0 Å². The van der Waals surface area contributed by atoms with Gasteiger partial charge in [0.2, 0.25) is 11.8 Å². The molecule has 0 saturated carbocycles. The summed E-state index contributed by atoms with van der Waals surface area (Å²) >= 11 is 0. The highest BCUT2D eigenvalue weighted by atomic mass is 16.5. The number of likely N-dealkylation sites (N-methyl/N-ethyl adjacent to an activating group) is 2. The van der Waals surface area contributed by atoms with E-state index in [1.165, 1.54) is 161 Å². The minimum Gasteiger partial charge on any atom is -0.374 e. The summed E-state index contributed by atoms with van der Waals surface area (Å²) in [6, 6.07) is -0.695. The first-order chi connectivity index (χ1) is 28.9. The summed E-state index contributed by atoms with van der Waals surface area (Å²) in [7, 11) is 3.74. The summed E-state index contributed by atoms with van der Waals surface area (Å²) in [5.41, 5.74) is 0.797. The Bertz CT molecular complexity index is 1130. The summed E-state index contributed by atoms with van der Waals surface area (Å²) in [5, 5.41) is 6.15. The Labute approximate surface area is 363 Å². The molecule has 0 aliphatic rings. The van der Waals surface area contributed by atoms with Gasteiger partial charge in [0.25, 0.3) is 0 Å². The second-order valence-corrected chi connectivity index (χ2v) is 17.0. The molecular formula is C50H93N5O4. The van der Waals surface area contributed by atoms with E-state index in [-0.39, 0.29) is 24.0 Å². The summed E-state index contributed by atoms with van der Waals surface area (Å²) < 4.78 is 13.1. The van der Waals surface area contributed by atoms with Gasteiger partial charge in [-0.25, -0.2) is 4.98 Å². The largest absolute Gasteiger partial charge is 0.374 e. The molecule has 1 heterocycles. The fourth-order valence-electron chi connectivity index (χ4n) is 7.63. The highest BCUT2D eigenvalue weighted by Crippen LogP contribution is 2.15. The van der Waals surface area contributed by atoms with Crippen molar-refractivity contribution in [2.45, 2.75) is 225 Å². The average molecular weight is 828 g/mol. The molecule has 3 N–H and O–H groups in total. The van der Waals surface area contributed by atoms with Gasteiger partial charge in [0.1, 0.15) is 12.1 Å². The maximum atomic E-state index is 13.7. The fraction of sp³-hybridized carbons (Fsp3) is 0.820. The minimum atomic E-state index is -0.695. The maximum Gasteiger partial charge on any atom is 0.245 e. The number of hydrogen-bond donors (Lipinski definition) is 3. The van der Waals surface area contributed by atoms with Gasteiger partial charge in [-0.05, 0) is 71.3 Å². The fourth-order valence-corrected chi connectivity index (χ4v) is 7.63. The Hall–Kier alpha value is -2.49. The molecule has 1 aromatic rings. The molecule has 0 aromatic carbocycles. The Morgan fingerprint density at radius 1 is 0.661 bits per heavy atom. The van der Waals surface area contributed by atoms with Crippen molar-refractivity contribution in [2.75, 3.05) is 40.4 Å². The lowest BCUT2D eigenvalue weighted by atomic mass is 10.1. The van der Waals surface area contributed by atoms with Crippen molar-refractivity contribution in [1.82, 2.24) is 25.5 Å². The zero-order valence-corrected chi connectivity index (χ0v) is 39.1. The normalized spacial score (nSPS) is 13.4. The number of aromatic amines is 1. The van der Waals surface area contributed by atoms with Crippen LogP contribution in [0.15, 0.2) is 36.8 Å². The molecule has 3 unspecified atom stereocenters. The maximum absolute atomic E-state index is 13.7. The first-order valence-corrected chi connectivity index (χ1v) is 24.6. The molecule has 2 amide bonds. The Morgan fingerprint density at radius 2 is 1.08 bits per heavy atom. The third-order valence-corrected chi connectivity index (χ3v) is 11.3. The number of carbonyl (C=O) groups is 2. The molecule has 1 rings (SSSR count). The van der Waals surface area contributed by atoms with E-state index in [2.05, 4.69) is 58.8 Å². The number of carbonyl (C=O) groups excluding carboxylic acids is 2. The van der Waals surface area contributed by atoms with Crippen molar-refractivity contribution < 1.29 is 19.1 Å². The molecule has 0 spiro atoms. The molecule has 0 saturated heterocycles. The van der Waals surface area contributed by atoms with Crippen LogP contribution in [-0.4, -0.2) is 85.3 Å². The number of allylic oxidation sites excluding steroid dienone is 4. The second kappa shape index (κ2) is 40.9. The van der Waals surface area contributed by atoms with Gasteiger partial charge < -0.3 is 30.0 Å². The van der Waals surface area contributed by atoms with Crippen LogP contribution in [0.4, 0.5) is 0 Å². The van der Waals surface area contributed by atoms with Crippen molar-refractivity contribution in [2.24, 2.45) is 0 Å². The van der Waals surface area contributed by atoms with Gasteiger partial charge in [0, 0.05) is 58.6 Å². The first-order valence-electron chi connectivity index (χ1n) is 24.6. The third-order valence-electron chi connectivity index (χ3n) is 11.3. The van der Waals surface area contributed by atoms with Crippen LogP contribution in [0.5, 0.6) is 0 Å². The topological polar surface area (TPSA) is 109 Å². The van der Waals surface area contributed by atoms with E-state index < -0.39 is 6.04 Å². The lowest BCUT2D eigenvalue weighted by Gasteiger charge is -2.32. The van der Waals surface area contributed by atoms with Crippen LogP contribution in [0.3, 0.4) is 0 Å². The molecule has 0 fully saturated rings. The monoisotopic (exact) mass is 828 g/mol. The number of H-pyrrole nitrogens is 1. The number of imidazole rings is 1. The van der Waals surface area contributed by atoms with Gasteiger partial charge >= 0.3 is 0 Å². The molecule has 9 heteroatoms. The number of nitrogens with one attached hydrogen (secondary N) is 3. The lowest BCUT2D eigenvalue weighted by molar-refractivity contribution is -0.139. The zero-order chi connectivity index (χ0) is 42.9. The lowest BCUT2D eigenvalue weighted by Crippen LogP contribution is -2.52. The van der Waals surface area contributed by atoms with Crippen LogP contribution in [0.1, 0.15) is 206 Å². The molecule has 59 heavy (non-hydrogen) atoms. The quantitative estimate of drug-likeness (QED) is 0.0447. The molecule has 3 atom stereocenters. The Balaban J connectivity index is 2.52. The number of nitrogens with zero attached hydrogens (tertiary/aromatic N) is 2. The summed E-state index contributed by atoms with van der Waals surface area (Å²) in [6.45, 7) is 8.32. The van der Waals surface area contributed by atoms with Crippen LogP contribution in [0.25, 0.3) is 0 Å². The summed E-state index contributed by atoms with van der Waals surface area (Å²) in [5.74, 6) is -0.395. The molecule has 9 nitrogen and oxygen atoms in total. The van der Waals surface area contributed by atoms with Gasteiger partial charge in [-0.2, -0.15) is 0 Å². The number of amides is 2. The van der Waals surface area contributed by atoms with E-state index in [1.807, 2.05) is 7.05 Å². The van der Waals surface area contributed by atoms with Gasteiger partial charge in [0.05, 0.1) is 12.4 Å². The van der Waals surface area contributed by atoms with Crippen LogP contribution >= 0.6 is 0 Å². The van der Waals surface area contributed by atoms with E-state index in [0.29, 0.717) is 32.7 Å². The molecule has 0 radical (unpaired) electrons. The third kappa shape index (κ3) is 32.9. The molecule has 1 aromatic heterocycles. The highest BCUT2D eigenvalue weighted by Gasteiger charge is 2.29. The zero-order valence-electron chi connectivity index (χ0n) is 39.1. The summed E-state index contributed by atoms with van der Waals surface area (Å²) in [4.78, 5) is 34.7. The molecule has 0 aliphatic heterocycles. The van der Waals surface area contributed by atoms with Gasteiger partial charge in [-0.1, -0.05) is 154 Å². The van der Waals surface area contributed by atoms with Crippen LogP contribution < -0.4 is 10.6 Å². The van der Waals surface area contributed by atoms with Crippen molar-refractivity contribution >= 4 is 11.8 Å². The van der Waals surface area contributed by atoms with Crippen LogP contribution in [0, 0.1) is 0 Å². The SMILES string of the molecule is CCCCCCCC/C=C/CCCCCCCCOC(CNC)C(CN(C)C(=O)C(Cc1cnc[nH]1)NC(C)=O)OCCCCCCCC/C=C/CCCCCCCC. The number of unbranched alkanes of at least 4 members (excludes halogenated alkanes) is 24. The standard InChI is InChI=1S/C50H93N5O4/c1-6-8-10-12-14-16-18-20-22-24-26-28-30-32-34-36-38-58-48(42-51-4)49(43-55(5)50(57)47(54-45(3)56)40-46-41-52-44-53-46)59-39-37-35-33-31-29-27-25-23-21-19-17-15-13-11-9-7-2/h20-23,41,44,47-49,51H,6-19,24-40,42-43H2,1-5H3,(H,52,53)(H,54,56)/b22-20+,23-21+. The van der Waals surface area contributed by atoms with Crippen LogP contribution in [-0.2, 0) is 25.5 Å². The molecule has 342 valence electrons. The van der Waals surface area contributed by atoms with Gasteiger partial charge in [-0.3, -0.25) is 9.59 Å². The van der Waals surface area contributed by atoms with Gasteiger partial charge in [0.15, 0.2) is 0 Å². The smallest absolute Gasteiger partial charge is 0.245 e. The predicted molar refractivity (Wildman–Crippen MR) is 250 cm³/mol. The number of aromatic nitrogens is 2. The molecule has 0 bridgehead atoms.